The van der Waals surface area contributed by atoms with Gasteiger partial charge in [0.15, 0.2) is 0 Å². The largest absolute Gasteiger partial charge is 0.337 e. The van der Waals surface area contributed by atoms with Crippen molar-refractivity contribution in [1.82, 2.24) is 25.5 Å². The molecule has 1 fully saturated rings. The number of fused-ring (bicyclic) bond motifs is 1. The Balaban J connectivity index is 1.27. The lowest BCUT2D eigenvalue weighted by atomic mass is 10.0. The third-order valence-corrected chi connectivity index (χ3v) is 6.46. The fourth-order valence-electron chi connectivity index (χ4n) is 3.80. The van der Waals surface area contributed by atoms with Gasteiger partial charge in [-0.2, -0.15) is 4.98 Å². The average molecular weight is 454 g/mol. The number of amides is 1. The molecule has 3 heterocycles. The molecule has 0 saturated carbocycles. The molecule has 1 aromatic heterocycles. The first-order valence-corrected chi connectivity index (χ1v) is 11.5. The molecule has 2 aliphatic heterocycles. The summed E-state index contributed by atoms with van der Waals surface area (Å²) < 4.78 is 5.40. The van der Waals surface area contributed by atoms with Crippen LogP contribution in [0.1, 0.15) is 23.9 Å². The van der Waals surface area contributed by atoms with E-state index in [0.717, 1.165) is 11.1 Å². The molecule has 0 radical (unpaired) electrons. The minimum atomic E-state index is -0.285. The van der Waals surface area contributed by atoms with Crippen molar-refractivity contribution in [3.05, 3.63) is 77.4 Å². The summed E-state index contributed by atoms with van der Waals surface area (Å²) >= 11 is 7.67. The maximum atomic E-state index is 13.1. The highest BCUT2D eigenvalue weighted by Crippen LogP contribution is 2.31. The van der Waals surface area contributed by atoms with Crippen molar-refractivity contribution in [3.63, 3.8) is 0 Å². The molecule has 2 unspecified atom stereocenters. The number of nitrogens with one attached hydrogen (secondary N) is 1. The van der Waals surface area contributed by atoms with E-state index in [2.05, 4.69) is 15.6 Å². The molecule has 2 atom stereocenters. The minimum absolute atomic E-state index is 0.00413. The number of thioether (sulfide) groups is 1. The summed E-state index contributed by atoms with van der Waals surface area (Å²) in [6.45, 7) is 0.237. The second-order valence-electron chi connectivity index (χ2n) is 7.40. The number of carbonyl (C=O) groups excluding carboxylic acids is 1. The van der Waals surface area contributed by atoms with Crippen LogP contribution in [0.15, 0.2) is 70.3 Å². The Hall–Kier alpha value is -2.81. The molecule has 2 aromatic carbocycles. The Morgan fingerprint density at radius 1 is 1.16 bits per heavy atom. The molecule has 31 heavy (non-hydrogen) atoms. The van der Waals surface area contributed by atoms with Crippen LogP contribution < -0.4 is 5.43 Å². The molecule has 0 bridgehead atoms. The number of benzene rings is 2. The van der Waals surface area contributed by atoms with Crippen LogP contribution in [-0.4, -0.2) is 38.3 Å². The second kappa shape index (κ2) is 8.37. The Kier molecular flexibility index (Phi) is 5.43. The van der Waals surface area contributed by atoms with Gasteiger partial charge < -0.3 is 14.4 Å². The van der Waals surface area contributed by atoms with E-state index in [1.807, 2.05) is 66.0 Å². The number of hydrogen-bond donors (Lipinski definition) is 1. The highest BCUT2D eigenvalue weighted by atomic mass is 35.5. The Labute approximate surface area is 189 Å². The summed E-state index contributed by atoms with van der Waals surface area (Å²) in [4.78, 5) is 20.3. The fraction of sp³-hybridized carbons (Fsp3) is 0.227. The van der Waals surface area contributed by atoms with Crippen molar-refractivity contribution in [2.45, 2.75) is 29.9 Å². The first-order valence-electron chi connectivity index (χ1n) is 9.86. The van der Waals surface area contributed by atoms with E-state index in [-0.39, 0.29) is 24.5 Å². The highest BCUT2D eigenvalue weighted by Gasteiger charge is 2.40. The summed E-state index contributed by atoms with van der Waals surface area (Å²) in [6, 6.07) is 15.4. The van der Waals surface area contributed by atoms with Gasteiger partial charge in [-0.25, -0.2) is 5.43 Å². The van der Waals surface area contributed by atoms with Crippen LogP contribution in [0.4, 0.5) is 0 Å². The highest BCUT2D eigenvalue weighted by molar-refractivity contribution is 7.98. The summed E-state index contributed by atoms with van der Waals surface area (Å²) in [7, 11) is 0. The molecule has 2 aliphatic rings. The lowest BCUT2D eigenvalue weighted by Gasteiger charge is -2.30. The van der Waals surface area contributed by atoms with Crippen LogP contribution in [0, 0.1) is 0 Å². The predicted molar refractivity (Wildman–Crippen MR) is 119 cm³/mol. The molecular formula is C22H20ClN5O2S. The van der Waals surface area contributed by atoms with Crippen molar-refractivity contribution in [1.29, 1.82) is 0 Å². The number of halogens is 1. The number of rotatable bonds is 5. The first-order chi connectivity index (χ1) is 15.1. The molecule has 7 nitrogen and oxygen atoms in total. The molecule has 1 saturated heterocycles. The maximum Gasteiger partial charge on any atom is 0.251 e. The molecule has 1 N–H and O–H groups in total. The van der Waals surface area contributed by atoms with Crippen molar-refractivity contribution < 1.29 is 9.32 Å². The molecule has 5 rings (SSSR count). The number of aromatic nitrogens is 2. The Bertz CT molecular complexity index is 1120. The van der Waals surface area contributed by atoms with Gasteiger partial charge in [0.1, 0.15) is 12.6 Å². The molecule has 9 heteroatoms. The lowest BCUT2D eigenvalue weighted by molar-refractivity contribution is -0.135. The third-order valence-electron chi connectivity index (χ3n) is 5.47. The normalized spacial score (nSPS) is 20.4. The number of nitrogens with zero attached hydrogens (tertiary/aromatic N) is 4. The van der Waals surface area contributed by atoms with E-state index in [0.29, 0.717) is 23.2 Å². The van der Waals surface area contributed by atoms with Gasteiger partial charge in [0.2, 0.25) is 11.7 Å². The van der Waals surface area contributed by atoms with Gasteiger partial charge in [0, 0.05) is 27.9 Å². The van der Waals surface area contributed by atoms with Crippen LogP contribution >= 0.6 is 23.4 Å². The predicted octanol–water partition coefficient (Wildman–Crippen LogP) is 4.25. The van der Waals surface area contributed by atoms with E-state index < -0.39 is 0 Å². The summed E-state index contributed by atoms with van der Waals surface area (Å²) in [5, 5.41) is 6.63. The van der Waals surface area contributed by atoms with Crippen molar-refractivity contribution in [3.8, 4) is 11.4 Å². The van der Waals surface area contributed by atoms with E-state index in [4.69, 9.17) is 16.1 Å². The van der Waals surface area contributed by atoms with Gasteiger partial charge in [-0.1, -0.05) is 28.9 Å². The quantitative estimate of drug-likeness (QED) is 0.579. The smallest absolute Gasteiger partial charge is 0.251 e. The zero-order chi connectivity index (χ0) is 21.4. The van der Waals surface area contributed by atoms with Gasteiger partial charge in [-0.05, 0) is 54.6 Å². The van der Waals surface area contributed by atoms with Crippen LogP contribution in [0.25, 0.3) is 11.4 Å². The van der Waals surface area contributed by atoms with Crippen molar-refractivity contribution >= 4 is 29.3 Å². The first kappa shape index (κ1) is 20.1. The van der Waals surface area contributed by atoms with E-state index in [9.17, 15) is 4.79 Å². The van der Waals surface area contributed by atoms with Gasteiger partial charge in [0.25, 0.3) is 5.91 Å². The van der Waals surface area contributed by atoms with Gasteiger partial charge in [0.05, 0.1) is 6.04 Å². The third kappa shape index (κ3) is 4.06. The molecule has 1 amide bonds. The maximum absolute atomic E-state index is 13.1. The van der Waals surface area contributed by atoms with E-state index >= 15 is 0 Å². The molecule has 158 valence electrons. The monoisotopic (exact) mass is 453 g/mol. The van der Waals surface area contributed by atoms with Gasteiger partial charge in [-0.15, -0.1) is 11.8 Å². The fourth-order valence-corrected chi connectivity index (χ4v) is 4.34. The van der Waals surface area contributed by atoms with E-state index in [1.165, 1.54) is 4.90 Å². The second-order valence-corrected chi connectivity index (χ2v) is 8.71. The average Bonchev–Trinajstić information content (AvgIpc) is 3.44. The number of carbonyl (C=O) groups is 1. The standard InChI is InChI=1S/C22H20ClN5O2S/c1-31-17-8-4-15(5-9-17)21-24-20(30-26-21)13-27-10-11-28-19(22(27)29)12-18(25-28)14-2-6-16(23)7-3-14/h2-11,18-19,25H,12-13H2,1H3. The molecule has 3 aromatic rings. The molecule has 0 aliphatic carbocycles. The zero-order valence-electron chi connectivity index (χ0n) is 16.7. The minimum Gasteiger partial charge on any atom is -0.337 e. The van der Waals surface area contributed by atoms with Crippen molar-refractivity contribution in [2.75, 3.05) is 6.26 Å². The molecule has 0 spiro atoms. The number of hydrogen-bond acceptors (Lipinski definition) is 7. The summed E-state index contributed by atoms with van der Waals surface area (Å²) in [5.41, 5.74) is 5.36. The SMILES string of the molecule is CSc1ccc(-c2noc(CN3C=CN4NC(c5ccc(Cl)cc5)CC4C3=O)n2)cc1. The van der Waals surface area contributed by atoms with Crippen LogP contribution in [0.3, 0.4) is 0 Å². The van der Waals surface area contributed by atoms with Gasteiger partial charge >= 0.3 is 0 Å². The topological polar surface area (TPSA) is 74.5 Å². The van der Waals surface area contributed by atoms with E-state index in [1.54, 1.807) is 22.9 Å². The van der Waals surface area contributed by atoms with Crippen LogP contribution in [0.5, 0.6) is 0 Å². The Morgan fingerprint density at radius 2 is 1.94 bits per heavy atom. The van der Waals surface area contributed by atoms with Crippen LogP contribution in [-0.2, 0) is 11.3 Å². The molecular weight excluding hydrogens is 434 g/mol. The Morgan fingerprint density at radius 3 is 2.68 bits per heavy atom. The van der Waals surface area contributed by atoms with Gasteiger partial charge in [-0.3, -0.25) is 4.79 Å². The number of hydrazine groups is 1. The zero-order valence-corrected chi connectivity index (χ0v) is 18.3. The summed E-state index contributed by atoms with van der Waals surface area (Å²) in [5.74, 6) is 0.911. The summed E-state index contributed by atoms with van der Waals surface area (Å²) in [6.07, 6.45) is 6.31. The lowest BCUT2D eigenvalue weighted by Crippen LogP contribution is -2.47. The van der Waals surface area contributed by atoms with Crippen LogP contribution in [0.2, 0.25) is 5.02 Å². The van der Waals surface area contributed by atoms with Crippen molar-refractivity contribution in [2.24, 2.45) is 0 Å².